The van der Waals surface area contributed by atoms with Crippen molar-refractivity contribution in [3.05, 3.63) is 0 Å². The summed E-state index contributed by atoms with van der Waals surface area (Å²) in [5.74, 6) is 0.569. The Morgan fingerprint density at radius 3 is 2.40 bits per heavy atom. The highest BCUT2D eigenvalue weighted by atomic mass is 16.3. The molecular formula is C11H20N2O2. The maximum Gasteiger partial charge on any atom is 0.239 e. The van der Waals surface area contributed by atoms with Gasteiger partial charge in [-0.3, -0.25) is 4.79 Å². The topological polar surface area (TPSA) is 66.6 Å². The molecule has 15 heavy (non-hydrogen) atoms. The standard InChI is InChI=1S/C11H20N2O2/c1-7(2)9(12)10(14)13-5-11(15,6-13)8-3-4-8/h7-9,15H,3-6,12H2,1-2H3. The van der Waals surface area contributed by atoms with Gasteiger partial charge < -0.3 is 15.7 Å². The first-order valence-electron chi connectivity index (χ1n) is 5.71. The highest BCUT2D eigenvalue weighted by Crippen LogP contribution is 2.44. The first-order chi connectivity index (χ1) is 6.94. The van der Waals surface area contributed by atoms with Crippen LogP contribution in [0.1, 0.15) is 26.7 Å². The fourth-order valence-corrected chi connectivity index (χ4v) is 2.15. The van der Waals surface area contributed by atoms with E-state index in [0.29, 0.717) is 19.0 Å². The third kappa shape index (κ3) is 1.88. The van der Waals surface area contributed by atoms with Crippen molar-refractivity contribution in [1.82, 2.24) is 4.90 Å². The summed E-state index contributed by atoms with van der Waals surface area (Å²) in [6.07, 6.45) is 2.21. The lowest BCUT2D eigenvalue weighted by molar-refractivity contribution is -0.161. The van der Waals surface area contributed by atoms with Gasteiger partial charge in [-0.25, -0.2) is 0 Å². The third-order valence-corrected chi connectivity index (χ3v) is 3.58. The highest BCUT2D eigenvalue weighted by molar-refractivity contribution is 5.83. The second-order valence-electron chi connectivity index (χ2n) is 5.34. The first-order valence-corrected chi connectivity index (χ1v) is 5.71. The average molecular weight is 212 g/mol. The summed E-state index contributed by atoms with van der Waals surface area (Å²) in [7, 11) is 0. The van der Waals surface area contributed by atoms with Crippen LogP contribution in [-0.4, -0.2) is 40.6 Å². The Hall–Kier alpha value is -0.610. The largest absolute Gasteiger partial charge is 0.386 e. The SMILES string of the molecule is CC(C)C(N)C(=O)N1CC(O)(C2CC2)C1. The van der Waals surface area contributed by atoms with Crippen molar-refractivity contribution in [3.8, 4) is 0 Å². The van der Waals surface area contributed by atoms with E-state index < -0.39 is 11.6 Å². The molecule has 1 amide bonds. The molecule has 1 heterocycles. The zero-order valence-corrected chi connectivity index (χ0v) is 9.44. The number of amides is 1. The lowest BCUT2D eigenvalue weighted by Gasteiger charge is -2.48. The van der Waals surface area contributed by atoms with Gasteiger partial charge in [-0.2, -0.15) is 0 Å². The summed E-state index contributed by atoms with van der Waals surface area (Å²) in [5.41, 5.74) is 5.19. The molecule has 2 aliphatic rings. The summed E-state index contributed by atoms with van der Waals surface area (Å²) in [6, 6.07) is -0.422. The van der Waals surface area contributed by atoms with Crippen LogP contribution >= 0.6 is 0 Å². The van der Waals surface area contributed by atoms with Crippen LogP contribution in [0.2, 0.25) is 0 Å². The molecule has 0 aromatic rings. The van der Waals surface area contributed by atoms with Crippen molar-refractivity contribution in [3.63, 3.8) is 0 Å². The fourth-order valence-electron chi connectivity index (χ4n) is 2.15. The van der Waals surface area contributed by atoms with Gasteiger partial charge in [0.25, 0.3) is 0 Å². The normalized spacial score (nSPS) is 26.3. The number of nitrogens with zero attached hydrogens (tertiary/aromatic N) is 1. The van der Waals surface area contributed by atoms with Gasteiger partial charge in [-0.05, 0) is 24.7 Å². The van der Waals surface area contributed by atoms with Gasteiger partial charge in [0.1, 0.15) is 5.60 Å². The molecule has 3 N–H and O–H groups in total. The predicted molar refractivity (Wildman–Crippen MR) is 57.1 cm³/mol. The van der Waals surface area contributed by atoms with Crippen molar-refractivity contribution in [2.24, 2.45) is 17.6 Å². The van der Waals surface area contributed by atoms with Crippen LogP contribution < -0.4 is 5.73 Å². The van der Waals surface area contributed by atoms with Crippen LogP contribution in [0.3, 0.4) is 0 Å². The first kappa shape index (κ1) is 10.9. The van der Waals surface area contributed by atoms with E-state index in [4.69, 9.17) is 5.73 Å². The maximum atomic E-state index is 11.8. The van der Waals surface area contributed by atoms with Crippen molar-refractivity contribution in [2.45, 2.75) is 38.3 Å². The fraction of sp³-hybridized carbons (Fsp3) is 0.909. The Morgan fingerprint density at radius 1 is 1.47 bits per heavy atom. The molecule has 2 fully saturated rings. The lowest BCUT2D eigenvalue weighted by atomic mass is 9.87. The molecule has 0 bridgehead atoms. The molecule has 0 radical (unpaired) electrons. The number of aliphatic hydroxyl groups is 1. The second kappa shape index (κ2) is 3.46. The van der Waals surface area contributed by atoms with Crippen molar-refractivity contribution < 1.29 is 9.90 Å². The number of hydrogen-bond donors (Lipinski definition) is 2. The van der Waals surface area contributed by atoms with Gasteiger partial charge in [0, 0.05) is 0 Å². The van der Waals surface area contributed by atoms with Gasteiger partial charge in [-0.1, -0.05) is 13.8 Å². The van der Waals surface area contributed by atoms with Gasteiger partial charge in [0.05, 0.1) is 19.1 Å². The Kier molecular flexibility index (Phi) is 2.51. The molecule has 4 heteroatoms. The maximum absolute atomic E-state index is 11.8. The summed E-state index contributed by atoms with van der Waals surface area (Å²) in [4.78, 5) is 13.5. The van der Waals surface area contributed by atoms with E-state index in [-0.39, 0.29) is 11.8 Å². The van der Waals surface area contributed by atoms with E-state index in [1.807, 2.05) is 13.8 Å². The number of carbonyl (C=O) groups is 1. The molecule has 1 aliphatic heterocycles. The van der Waals surface area contributed by atoms with Crippen LogP contribution in [0.4, 0.5) is 0 Å². The zero-order valence-electron chi connectivity index (χ0n) is 9.44. The van der Waals surface area contributed by atoms with E-state index in [9.17, 15) is 9.90 Å². The molecule has 2 rings (SSSR count). The van der Waals surface area contributed by atoms with Crippen LogP contribution in [-0.2, 0) is 4.79 Å². The summed E-state index contributed by atoms with van der Waals surface area (Å²) < 4.78 is 0. The van der Waals surface area contributed by atoms with Crippen molar-refractivity contribution in [1.29, 1.82) is 0 Å². The molecule has 4 nitrogen and oxygen atoms in total. The Bertz CT molecular complexity index is 268. The van der Waals surface area contributed by atoms with Crippen LogP contribution in [0.15, 0.2) is 0 Å². The number of rotatable bonds is 3. The lowest BCUT2D eigenvalue weighted by Crippen LogP contribution is -2.67. The summed E-state index contributed by atoms with van der Waals surface area (Å²) >= 11 is 0. The highest BCUT2D eigenvalue weighted by Gasteiger charge is 2.53. The van der Waals surface area contributed by atoms with Crippen LogP contribution in [0.25, 0.3) is 0 Å². The van der Waals surface area contributed by atoms with Crippen molar-refractivity contribution >= 4 is 5.91 Å². The summed E-state index contributed by atoms with van der Waals surface area (Å²) in [5, 5.41) is 10.1. The quantitative estimate of drug-likeness (QED) is 0.689. The second-order valence-corrected chi connectivity index (χ2v) is 5.34. The smallest absolute Gasteiger partial charge is 0.239 e. The minimum Gasteiger partial charge on any atom is -0.386 e. The van der Waals surface area contributed by atoms with Gasteiger partial charge in [0.2, 0.25) is 5.91 Å². The average Bonchev–Trinajstić information content (AvgIpc) is 2.93. The Balaban J connectivity index is 1.85. The van der Waals surface area contributed by atoms with E-state index >= 15 is 0 Å². The molecule has 1 saturated heterocycles. The molecule has 1 atom stereocenters. The van der Waals surface area contributed by atoms with E-state index in [2.05, 4.69) is 0 Å². The predicted octanol–water partition coefficient (Wildman–Crippen LogP) is -0.0470. The molecule has 0 aromatic carbocycles. The van der Waals surface area contributed by atoms with Crippen molar-refractivity contribution in [2.75, 3.05) is 13.1 Å². The number of carbonyl (C=O) groups excluding carboxylic acids is 1. The van der Waals surface area contributed by atoms with E-state index in [1.54, 1.807) is 4.90 Å². The van der Waals surface area contributed by atoms with Gasteiger partial charge in [-0.15, -0.1) is 0 Å². The molecular weight excluding hydrogens is 192 g/mol. The number of nitrogens with two attached hydrogens (primary N) is 1. The number of β-amino-alcohol motifs (C(OH)–C–C–N with tert-alkyl or cyclic N) is 1. The van der Waals surface area contributed by atoms with Gasteiger partial charge >= 0.3 is 0 Å². The molecule has 1 saturated carbocycles. The van der Waals surface area contributed by atoms with Crippen LogP contribution in [0, 0.1) is 11.8 Å². The van der Waals surface area contributed by atoms with Crippen LogP contribution in [0.5, 0.6) is 0 Å². The number of likely N-dealkylation sites (tertiary alicyclic amines) is 1. The third-order valence-electron chi connectivity index (χ3n) is 3.58. The Morgan fingerprint density at radius 2 is 2.00 bits per heavy atom. The zero-order chi connectivity index (χ0) is 11.2. The molecule has 1 aliphatic carbocycles. The minimum absolute atomic E-state index is 0.0182. The number of hydrogen-bond acceptors (Lipinski definition) is 3. The Labute approximate surface area is 90.4 Å². The van der Waals surface area contributed by atoms with E-state index in [1.165, 1.54) is 0 Å². The monoisotopic (exact) mass is 212 g/mol. The van der Waals surface area contributed by atoms with Gasteiger partial charge in [0.15, 0.2) is 0 Å². The van der Waals surface area contributed by atoms with E-state index in [0.717, 1.165) is 12.8 Å². The molecule has 0 aromatic heterocycles. The molecule has 1 unspecified atom stereocenters. The molecule has 86 valence electrons. The molecule has 0 spiro atoms. The summed E-state index contributed by atoms with van der Waals surface area (Å²) in [6.45, 7) is 4.85. The minimum atomic E-state index is -0.591.